The van der Waals surface area contributed by atoms with Crippen LogP contribution < -0.4 is 5.32 Å². The Morgan fingerprint density at radius 1 is 1.43 bits per heavy atom. The van der Waals surface area contributed by atoms with Gasteiger partial charge in [-0.25, -0.2) is 0 Å². The topological polar surface area (TPSA) is 29.1 Å². The summed E-state index contributed by atoms with van der Waals surface area (Å²) >= 11 is 3.26. The lowest BCUT2D eigenvalue weighted by molar-refractivity contribution is -0.120. The third-order valence-electron chi connectivity index (χ3n) is 3.06. The van der Waals surface area contributed by atoms with E-state index in [-0.39, 0.29) is 10.7 Å². The van der Waals surface area contributed by atoms with Crippen molar-refractivity contribution in [3.05, 3.63) is 0 Å². The molecule has 2 nitrogen and oxygen atoms in total. The summed E-state index contributed by atoms with van der Waals surface area (Å²) in [6.07, 6.45) is 5.20. The number of hydrogen-bond acceptors (Lipinski definition) is 1. The van der Waals surface area contributed by atoms with E-state index in [9.17, 15) is 4.79 Å². The van der Waals surface area contributed by atoms with Gasteiger partial charge in [-0.3, -0.25) is 4.79 Å². The van der Waals surface area contributed by atoms with Crippen LogP contribution in [0, 0.1) is 11.8 Å². The third kappa shape index (κ3) is 3.99. The number of hydrogen-bond donors (Lipinski definition) is 1. The number of amides is 1. The van der Waals surface area contributed by atoms with Crippen molar-refractivity contribution in [3.63, 3.8) is 0 Å². The molecule has 1 rings (SSSR count). The minimum Gasteiger partial charge on any atom is -0.355 e. The van der Waals surface area contributed by atoms with Crippen LogP contribution in [0.1, 0.15) is 39.5 Å². The fourth-order valence-electron chi connectivity index (χ4n) is 1.92. The Hall–Kier alpha value is -0.0500. The lowest BCUT2D eigenvalue weighted by Crippen LogP contribution is -2.34. The highest BCUT2D eigenvalue weighted by atomic mass is 79.9. The van der Waals surface area contributed by atoms with Crippen LogP contribution >= 0.6 is 15.9 Å². The molecule has 0 aromatic carbocycles. The molecule has 0 saturated heterocycles. The maximum Gasteiger partial charge on any atom is 0.233 e. The SMILES string of the molecule is CC1CCC(CNC(=O)C(C)Br)CC1. The molecule has 0 aromatic heterocycles. The first-order chi connectivity index (χ1) is 6.59. The Labute approximate surface area is 95.0 Å². The Kier molecular flexibility index (Phi) is 4.93. The Morgan fingerprint density at radius 3 is 2.50 bits per heavy atom. The summed E-state index contributed by atoms with van der Waals surface area (Å²) in [5.41, 5.74) is 0. The number of carbonyl (C=O) groups excluding carboxylic acids is 1. The summed E-state index contributed by atoms with van der Waals surface area (Å²) in [4.78, 5) is 11.2. The molecule has 14 heavy (non-hydrogen) atoms. The molecule has 1 atom stereocenters. The average molecular weight is 262 g/mol. The van der Waals surface area contributed by atoms with E-state index in [1.807, 2.05) is 6.92 Å². The van der Waals surface area contributed by atoms with Crippen molar-refractivity contribution in [2.24, 2.45) is 11.8 Å². The van der Waals surface area contributed by atoms with Crippen molar-refractivity contribution in [2.75, 3.05) is 6.54 Å². The summed E-state index contributed by atoms with van der Waals surface area (Å²) in [6, 6.07) is 0. The van der Waals surface area contributed by atoms with Crippen LogP contribution in [-0.2, 0) is 4.79 Å². The summed E-state index contributed by atoms with van der Waals surface area (Å²) in [7, 11) is 0. The first kappa shape index (κ1) is 12.0. The van der Waals surface area contributed by atoms with Crippen LogP contribution in [0.2, 0.25) is 0 Å². The summed E-state index contributed by atoms with van der Waals surface area (Å²) < 4.78 is 0. The van der Waals surface area contributed by atoms with Crippen molar-refractivity contribution in [1.82, 2.24) is 5.32 Å². The van der Waals surface area contributed by atoms with E-state index in [4.69, 9.17) is 0 Å². The van der Waals surface area contributed by atoms with Gasteiger partial charge < -0.3 is 5.32 Å². The minimum absolute atomic E-state index is 0.0648. The van der Waals surface area contributed by atoms with Gasteiger partial charge >= 0.3 is 0 Å². The van der Waals surface area contributed by atoms with Gasteiger partial charge in [-0.2, -0.15) is 0 Å². The van der Waals surface area contributed by atoms with E-state index in [0.29, 0.717) is 5.92 Å². The lowest BCUT2D eigenvalue weighted by Gasteiger charge is -2.26. The van der Waals surface area contributed by atoms with Gasteiger partial charge in [-0.15, -0.1) is 0 Å². The number of alkyl halides is 1. The van der Waals surface area contributed by atoms with E-state index in [2.05, 4.69) is 28.2 Å². The summed E-state index contributed by atoms with van der Waals surface area (Å²) in [6.45, 7) is 5.04. The van der Waals surface area contributed by atoms with Gasteiger partial charge in [0.25, 0.3) is 0 Å². The predicted molar refractivity (Wildman–Crippen MR) is 62.5 cm³/mol. The van der Waals surface area contributed by atoms with Crippen molar-refractivity contribution in [1.29, 1.82) is 0 Å². The largest absolute Gasteiger partial charge is 0.355 e. The fourth-order valence-corrected chi connectivity index (χ4v) is 2.08. The van der Waals surface area contributed by atoms with Crippen molar-refractivity contribution < 1.29 is 4.79 Å². The van der Waals surface area contributed by atoms with Crippen LogP contribution in [0.15, 0.2) is 0 Å². The highest BCUT2D eigenvalue weighted by molar-refractivity contribution is 9.10. The zero-order valence-electron chi connectivity index (χ0n) is 9.05. The quantitative estimate of drug-likeness (QED) is 0.778. The molecule has 0 heterocycles. The molecule has 0 aromatic rings. The minimum atomic E-state index is -0.0648. The van der Waals surface area contributed by atoms with E-state index in [1.165, 1.54) is 25.7 Å². The predicted octanol–water partition coefficient (Wildman–Crippen LogP) is 2.71. The molecular formula is C11H20BrNO. The van der Waals surface area contributed by atoms with Gasteiger partial charge in [0.05, 0.1) is 4.83 Å². The average Bonchev–Trinajstić information content (AvgIpc) is 2.16. The highest BCUT2D eigenvalue weighted by Crippen LogP contribution is 2.27. The van der Waals surface area contributed by atoms with E-state index < -0.39 is 0 Å². The van der Waals surface area contributed by atoms with Gasteiger partial charge in [0, 0.05) is 6.54 Å². The monoisotopic (exact) mass is 261 g/mol. The van der Waals surface area contributed by atoms with Crippen molar-refractivity contribution in [2.45, 2.75) is 44.4 Å². The number of nitrogens with one attached hydrogen (secondary N) is 1. The molecule has 0 radical (unpaired) electrons. The van der Waals surface area contributed by atoms with Crippen molar-refractivity contribution >= 4 is 21.8 Å². The van der Waals surface area contributed by atoms with E-state index in [0.717, 1.165) is 12.5 Å². The molecule has 1 N–H and O–H groups in total. The Morgan fingerprint density at radius 2 is 2.00 bits per heavy atom. The van der Waals surface area contributed by atoms with E-state index in [1.54, 1.807) is 0 Å². The first-order valence-corrected chi connectivity index (χ1v) is 6.43. The second kappa shape index (κ2) is 5.74. The Bertz CT molecular complexity index is 186. The number of rotatable bonds is 3. The number of carbonyl (C=O) groups is 1. The van der Waals surface area contributed by atoms with Gasteiger partial charge in [-0.05, 0) is 31.6 Å². The van der Waals surface area contributed by atoms with Gasteiger partial charge in [-0.1, -0.05) is 35.7 Å². The maximum absolute atomic E-state index is 11.3. The maximum atomic E-state index is 11.3. The van der Waals surface area contributed by atoms with Crippen LogP contribution in [0.5, 0.6) is 0 Å². The first-order valence-electron chi connectivity index (χ1n) is 5.51. The molecule has 0 bridgehead atoms. The van der Waals surface area contributed by atoms with Crippen LogP contribution in [0.3, 0.4) is 0 Å². The van der Waals surface area contributed by atoms with Gasteiger partial charge in [0.1, 0.15) is 0 Å². The molecule has 1 unspecified atom stereocenters. The van der Waals surface area contributed by atoms with Gasteiger partial charge in [0.15, 0.2) is 0 Å². The third-order valence-corrected chi connectivity index (χ3v) is 3.48. The molecule has 1 fully saturated rings. The van der Waals surface area contributed by atoms with Gasteiger partial charge in [0.2, 0.25) is 5.91 Å². The van der Waals surface area contributed by atoms with Crippen LogP contribution in [-0.4, -0.2) is 17.3 Å². The molecule has 3 heteroatoms. The normalized spacial score (nSPS) is 29.6. The number of halogens is 1. The molecule has 0 spiro atoms. The summed E-state index contributed by atoms with van der Waals surface area (Å²) in [5.74, 6) is 1.71. The zero-order chi connectivity index (χ0) is 10.6. The molecule has 1 aliphatic carbocycles. The van der Waals surface area contributed by atoms with Crippen LogP contribution in [0.25, 0.3) is 0 Å². The fraction of sp³-hybridized carbons (Fsp3) is 0.909. The standard InChI is InChI=1S/C11H20BrNO/c1-8-3-5-10(6-4-8)7-13-11(14)9(2)12/h8-10H,3-7H2,1-2H3,(H,13,14). The molecule has 1 amide bonds. The van der Waals surface area contributed by atoms with Crippen molar-refractivity contribution in [3.8, 4) is 0 Å². The second-order valence-electron chi connectivity index (χ2n) is 4.49. The lowest BCUT2D eigenvalue weighted by atomic mass is 9.83. The van der Waals surface area contributed by atoms with Crippen LogP contribution in [0.4, 0.5) is 0 Å². The molecule has 1 aliphatic rings. The molecule has 1 saturated carbocycles. The smallest absolute Gasteiger partial charge is 0.233 e. The Balaban J connectivity index is 2.16. The second-order valence-corrected chi connectivity index (χ2v) is 5.86. The summed E-state index contributed by atoms with van der Waals surface area (Å²) in [5, 5.41) is 2.98. The molecule has 0 aliphatic heterocycles. The van der Waals surface area contributed by atoms with E-state index >= 15 is 0 Å². The molecular weight excluding hydrogens is 242 g/mol. The zero-order valence-corrected chi connectivity index (χ0v) is 10.6. The highest BCUT2D eigenvalue weighted by Gasteiger charge is 2.19. The molecule has 82 valence electrons.